The van der Waals surface area contributed by atoms with Crippen LogP contribution in [0.1, 0.15) is 11.7 Å². The fraction of sp³-hybridized carbons (Fsp3) is 0.300. The fourth-order valence-corrected chi connectivity index (χ4v) is 2.65. The molecule has 0 amide bonds. The van der Waals surface area contributed by atoms with Crippen molar-refractivity contribution in [2.75, 3.05) is 12.0 Å². The van der Waals surface area contributed by atoms with Gasteiger partial charge in [-0.15, -0.1) is 0 Å². The zero-order chi connectivity index (χ0) is 14.6. The molecule has 0 saturated heterocycles. The molecular formula is C10H14N6O3S. The van der Waals surface area contributed by atoms with E-state index in [4.69, 9.17) is 10.4 Å². The van der Waals surface area contributed by atoms with Gasteiger partial charge in [0.15, 0.2) is 10.9 Å². The smallest absolute Gasteiger partial charge is 0.260 e. The summed E-state index contributed by atoms with van der Waals surface area (Å²) >= 11 is 0. The highest BCUT2D eigenvalue weighted by molar-refractivity contribution is 7.89. The predicted molar refractivity (Wildman–Crippen MR) is 70.0 cm³/mol. The van der Waals surface area contributed by atoms with Crippen LogP contribution in [0, 0.1) is 6.92 Å². The van der Waals surface area contributed by atoms with E-state index in [0.717, 1.165) is 0 Å². The third-order valence-corrected chi connectivity index (χ3v) is 3.81. The lowest BCUT2D eigenvalue weighted by Crippen LogP contribution is -2.28. The van der Waals surface area contributed by atoms with Crippen LogP contribution in [0.2, 0.25) is 0 Å². The summed E-state index contributed by atoms with van der Waals surface area (Å²) in [4.78, 5) is 7.78. The van der Waals surface area contributed by atoms with Crippen molar-refractivity contribution in [1.82, 2.24) is 19.8 Å². The van der Waals surface area contributed by atoms with Gasteiger partial charge >= 0.3 is 0 Å². The SMILES string of the molecule is Cc1nc(CCNS(=O)(=O)c2ncccc2NN)no1. The van der Waals surface area contributed by atoms with Crippen LogP contribution in [-0.4, -0.2) is 30.1 Å². The van der Waals surface area contributed by atoms with E-state index < -0.39 is 10.0 Å². The Morgan fingerprint density at radius 1 is 1.45 bits per heavy atom. The molecule has 0 saturated carbocycles. The summed E-state index contributed by atoms with van der Waals surface area (Å²) < 4.78 is 31.3. The molecule has 9 nitrogen and oxygen atoms in total. The second-order valence-corrected chi connectivity index (χ2v) is 5.56. The van der Waals surface area contributed by atoms with Gasteiger partial charge in [0.05, 0.1) is 5.69 Å². The van der Waals surface area contributed by atoms with E-state index in [0.29, 0.717) is 18.1 Å². The number of pyridine rings is 1. The number of anilines is 1. The van der Waals surface area contributed by atoms with E-state index in [9.17, 15) is 8.42 Å². The number of aryl methyl sites for hydroxylation is 1. The molecule has 0 fully saturated rings. The summed E-state index contributed by atoms with van der Waals surface area (Å²) in [5.74, 6) is 6.12. The number of nitrogens with two attached hydrogens (primary N) is 1. The Kier molecular flexibility index (Phi) is 4.27. The lowest BCUT2D eigenvalue weighted by Gasteiger charge is -2.08. The Hall–Kier alpha value is -2.04. The van der Waals surface area contributed by atoms with E-state index in [1.807, 2.05) is 0 Å². The van der Waals surface area contributed by atoms with Crippen LogP contribution in [-0.2, 0) is 16.4 Å². The number of sulfonamides is 1. The third kappa shape index (κ3) is 3.29. The van der Waals surface area contributed by atoms with Crippen LogP contribution in [0.15, 0.2) is 27.9 Å². The highest BCUT2D eigenvalue weighted by atomic mass is 32.2. The Labute approximate surface area is 115 Å². The number of nitrogen functional groups attached to an aromatic ring is 1. The summed E-state index contributed by atoms with van der Waals surface area (Å²) in [5.41, 5.74) is 2.51. The third-order valence-electron chi connectivity index (χ3n) is 2.39. The molecule has 0 radical (unpaired) electrons. The van der Waals surface area contributed by atoms with Crippen molar-refractivity contribution in [3.8, 4) is 0 Å². The molecule has 0 atom stereocenters. The van der Waals surface area contributed by atoms with Gasteiger partial charge < -0.3 is 9.95 Å². The van der Waals surface area contributed by atoms with Gasteiger partial charge in [0.1, 0.15) is 0 Å². The lowest BCUT2D eigenvalue weighted by atomic mass is 10.4. The highest BCUT2D eigenvalue weighted by Gasteiger charge is 2.19. The van der Waals surface area contributed by atoms with E-state index in [1.54, 1.807) is 13.0 Å². The van der Waals surface area contributed by atoms with E-state index >= 15 is 0 Å². The van der Waals surface area contributed by atoms with Crippen molar-refractivity contribution < 1.29 is 12.9 Å². The van der Waals surface area contributed by atoms with E-state index in [2.05, 4.69) is 25.3 Å². The van der Waals surface area contributed by atoms with Crippen LogP contribution < -0.4 is 16.0 Å². The summed E-state index contributed by atoms with van der Waals surface area (Å²) in [5, 5.41) is 3.51. The molecule has 0 aromatic carbocycles. The summed E-state index contributed by atoms with van der Waals surface area (Å²) in [6, 6.07) is 3.10. The molecular weight excluding hydrogens is 284 g/mol. The molecule has 0 bridgehead atoms. The molecule has 0 aliphatic heterocycles. The maximum Gasteiger partial charge on any atom is 0.260 e. The van der Waals surface area contributed by atoms with Crippen molar-refractivity contribution in [2.24, 2.45) is 5.84 Å². The van der Waals surface area contributed by atoms with Gasteiger partial charge in [0.25, 0.3) is 10.0 Å². The fourth-order valence-electron chi connectivity index (χ4n) is 1.52. The van der Waals surface area contributed by atoms with Crippen LogP contribution >= 0.6 is 0 Å². The monoisotopic (exact) mass is 298 g/mol. The zero-order valence-corrected chi connectivity index (χ0v) is 11.5. The van der Waals surface area contributed by atoms with Gasteiger partial charge in [0.2, 0.25) is 5.89 Å². The minimum absolute atomic E-state index is 0.127. The van der Waals surface area contributed by atoms with Crippen LogP contribution in [0.5, 0.6) is 0 Å². The van der Waals surface area contributed by atoms with E-state index in [1.165, 1.54) is 12.3 Å². The summed E-state index contributed by atoms with van der Waals surface area (Å²) in [7, 11) is -3.76. The Morgan fingerprint density at radius 2 is 2.25 bits per heavy atom. The second-order valence-electron chi connectivity index (χ2n) is 3.88. The zero-order valence-electron chi connectivity index (χ0n) is 10.7. The molecule has 20 heavy (non-hydrogen) atoms. The minimum Gasteiger partial charge on any atom is -0.340 e. The quantitative estimate of drug-likeness (QED) is 0.483. The largest absolute Gasteiger partial charge is 0.340 e. The van der Waals surface area contributed by atoms with Gasteiger partial charge in [-0.25, -0.2) is 18.1 Å². The van der Waals surface area contributed by atoms with Crippen LogP contribution in [0.25, 0.3) is 0 Å². The first-order chi connectivity index (χ1) is 9.53. The second kappa shape index (κ2) is 5.94. The van der Waals surface area contributed by atoms with E-state index in [-0.39, 0.29) is 17.3 Å². The number of rotatable bonds is 6. The Balaban J connectivity index is 2.04. The first-order valence-electron chi connectivity index (χ1n) is 5.73. The topological polar surface area (TPSA) is 136 Å². The van der Waals surface area contributed by atoms with Crippen molar-refractivity contribution >= 4 is 15.7 Å². The average molecular weight is 298 g/mol. The molecule has 0 unspecified atom stereocenters. The maximum atomic E-state index is 12.1. The molecule has 4 N–H and O–H groups in total. The summed E-state index contributed by atoms with van der Waals surface area (Å²) in [6.07, 6.45) is 1.69. The standard InChI is InChI=1S/C10H14N6O3S/c1-7-14-9(16-19-7)4-6-13-20(17,18)10-8(15-11)3-2-5-12-10/h2-3,5,13,15H,4,6,11H2,1H3. The normalized spacial score (nSPS) is 11.5. The van der Waals surface area contributed by atoms with Gasteiger partial charge in [-0.1, -0.05) is 5.16 Å². The number of nitrogens with zero attached hydrogens (tertiary/aromatic N) is 3. The molecule has 10 heteroatoms. The number of aromatic nitrogens is 3. The van der Waals surface area contributed by atoms with Gasteiger partial charge in [-0.05, 0) is 12.1 Å². The Bertz CT molecular complexity index is 684. The minimum atomic E-state index is -3.76. The molecule has 2 aromatic heterocycles. The average Bonchev–Trinajstić information content (AvgIpc) is 2.84. The van der Waals surface area contributed by atoms with Crippen molar-refractivity contribution in [3.63, 3.8) is 0 Å². The molecule has 108 valence electrons. The number of hydrogen-bond donors (Lipinski definition) is 3. The first kappa shape index (κ1) is 14.4. The summed E-state index contributed by atoms with van der Waals surface area (Å²) in [6.45, 7) is 1.79. The number of hydrogen-bond acceptors (Lipinski definition) is 8. The Morgan fingerprint density at radius 3 is 2.90 bits per heavy atom. The number of hydrazine groups is 1. The van der Waals surface area contributed by atoms with Crippen molar-refractivity contribution in [3.05, 3.63) is 30.0 Å². The number of nitrogens with one attached hydrogen (secondary N) is 2. The molecule has 0 aliphatic rings. The molecule has 2 heterocycles. The van der Waals surface area contributed by atoms with Crippen LogP contribution in [0.4, 0.5) is 5.69 Å². The molecule has 0 aliphatic carbocycles. The molecule has 2 rings (SSSR count). The first-order valence-corrected chi connectivity index (χ1v) is 7.22. The molecule has 2 aromatic rings. The van der Waals surface area contributed by atoms with Gasteiger partial charge in [-0.2, -0.15) is 4.98 Å². The highest BCUT2D eigenvalue weighted by Crippen LogP contribution is 2.16. The molecule has 0 spiro atoms. The van der Waals surface area contributed by atoms with Crippen molar-refractivity contribution in [1.29, 1.82) is 0 Å². The van der Waals surface area contributed by atoms with Gasteiger partial charge in [-0.3, -0.25) is 5.84 Å². The lowest BCUT2D eigenvalue weighted by molar-refractivity contribution is 0.387. The van der Waals surface area contributed by atoms with Crippen molar-refractivity contribution in [2.45, 2.75) is 18.4 Å². The predicted octanol–water partition coefficient (Wildman–Crippen LogP) is -0.420. The van der Waals surface area contributed by atoms with Gasteiger partial charge in [0, 0.05) is 26.1 Å². The maximum absolute atomic E-state index is 12.1. The van der Waals surface area contributed by atoms with Crippen LogP contribution in [0.3, 0.4) is 0 Å².